The summed E-state index contributed by atoms with van der Waals surface area (Å²) in [4.78, 5) is 41.7. The lowest BCUT2D eigenvalue weighted by Gasteiger charge is -2.34. The Hall–Kier alpha value is -2.50. The first-order valence-corrected chi connectivity index (χ1v) is 6.93. The largest absolute Gasteiger partial charge is 0.398 e. The molecule has 0 saturated heterocycles. The van der Waals surface area contributed by atoms with Crippen molar-refractivity contribution in [3.8, 4) is 0 Å². The van der Waals surface area contributed by atoms with Gasteiger partial charge in [0.25, 0.3) is 5.56 Å². The maximum absolute atomic E-state index is 13.1. The van der Waals surface area contributed by atoms with E-state index < -0.39 is 30.2 Å². The molecule has 2 N–H and O–H groups in total. The number of carbonyl (C=O) groups excluding carboxylic acids is 2. The van der Waals surface area contributed by atoms with Crippen LogP contribution in [0.5, 0.6) is 0 Å². The van der Waals surface area contributed by atoms with Crippen LogP contribution in [0.4, 0.5) is 5.69 Å². The highest BCUT2D eigenvalue weighted by atomic mass is 16.2. The minimum Gasteiger partial charge on any atom is -0.398 e. The van der Waals surface area contributed by atoms with Crippen LogP contribution in [0, 0.1) is 6.92 Å². The number of nitrogens with zero attached hydrogens (tertiary/aromatic N) is 2. The number of benzene rings is 1. The third kappa shape index (κ3) is 1.94. The van der Waals surface area contributed by atoms with E-state index in [0.29, 0.717) is 5.52 Å². The molecule has 22 heavy (non-hydrogen) atoms. The molecule has 0 bridgehead atoms. The first-order valence-electron chi connectivity index (χ1n) is 8.43. The summed E-state index contributed by atoms with van der Waals surface area (Å²) in [6, 6.07) is 4.75. The molecule has 0 amide bonds. The Morgan fingerprint density at radius 3 is 2.82 bits per heavy atom. The van der Waals surface area contributed by atoms with Crippen molar-refractivity contribution in [1.29, 1.82) is 0 Å². The zero-order chi connectivity index (χ0) is 18.6. The standard InChI is InChI=1S/C16H17N3O3/c1-9-18-12-5-3-4-11(17)14(12)15(22)19(9)16(2)7-6-10(20)8-13(16)21/h3-5H,6-8,17H2,1-2H3/i2D3. The van der Waals surface area contributed by atoms with Crippen LogP contribution >= 0.6 is 0 Å². The van der Waals surface area contributed by atoms with Gasteiger partial charge in [-0.1, -0.05) is 6.07 Å². The fourth-order valence-corrected chi connectivity index (χ4v) is 2.93. The number of rotatable bonds is 1. The molecule has 3 rings (SSSR count). The third-order valence-electron chi connectivity index (χ3n) is 4.06. The third-order valence-corrected chi connectivity index (χ3v) is 4.06. The number of fused-ring (bicyclic) bond motifs is 1. The molecular weight excluding hydrogens is 282 g/mol. The Bertz CT molecular complexity index is 965. The first-order chi connectivity index (χ1) is 11.6. The Morgan fingerprint density at radius 1 is 1.36 bits per heavy atom. The zero-order valence-electron chi connectivity index (χ0n) is 15.0. The summed E-state index contributed by atoms with van der Waals surface area (Å²) >= 11 is 0. The highest BCUT2D eigenvalue weighted by Crippen LogP contribution is 2.30. The van der Waals surface area contributed by atoms with Gasteiger partial charge in [0.1, 0.15) is 17.1 Å². The molecule has 0 aliphatic heterocycles. The number of Topliss-reactive ketones (excluding diaryl/α,β-unsaturated/α-hetero) is 2. The van der Waals surface area contributed by atoms with E-state index in [4.69, 9.17) is 9.85 Å². The van der Waals surface area contributed by atoms with Gasteiger partial charge in [0.2, 0.25) is 0 Å². The second-order valence-electron chi connectivity index (χ2n) is 5.54. The monoisotopic (exact) mass is 302 g/mol. The maximum atomic E-state index is 13.1. The molecule has 1 fully saturated rings. The highest BCUT2D eigenvalue weighted by Gasteiger charge is 2.41. The van der Waals surface area contributed by atoms with Crippen LogP contribution in [0.15, 0.2) is 23.0 Å². The molecule has 0 spiro atoms. The van der Waals surface area contributed by atoms with Gasteiger partial charge in [0.15, 0.2) is 5.78 Å². The Morgan fingerprint density at radius 2 is 2.14 bits per heavy atom. The van der Waals surface area contributed by atoms with Crippen molar-refractivity contribution in [3.63, 3.8) is 0 Å². The van der Waals surface area contributed by atoms with E-state index in [9.17, 15) is 14.4 Å². The lowest BCUT2D eigenvalue weighted by Crippen LogP contribution is -2.49. The SMILES string of the molecule is [2H]C([2H])([2H])C1(n2c(C)nc3cccc(N)c3c2=O)CCC(=O)CC1=O. The van der Waals surface area contributed by atoms with Crippen molar-refractivity contribution in [2.75, 3.05) is 5.73 Å². The molecule has 1 aromatic heterocycles. The highest BCUT2D eigenvalue weighted by molar-refractivity contribution is 6.05. The number of aromatic nitrogens is 2. The van der Waals surface area contributed by atoms with Gasteiger partial charge < -0.3 is 5.73 Å². The molecule has 6 nitrogen and oxygen atoms in total. The van der Waals surface area contributed by atoms with Gasteiger partial charge in [-0.15, -0.1) is 0 Å². The lowest BCUT2D eigenvalue weighted by atomic mass is 9.81. The Balaban J connectivity index is 2.43. The van der Waals surface area contributed by atoms with E-state index in [-0.39, 0.29) is 35.5 Å². The second kappa shape index (κ2) is 4.76. The van der Waals surface area contributed by atoms with Crippen molar-refractivity contribution in [2.45, 2.75) is 38.6 Å². The first kappa shape index (κ1) is 11.1. The molecule has 1 atom stereocenters. The lowest BCUT2D eigenvalue weighted by molar-refractivity contribution is -0.136. The summed E-state index contributed by atoms with van der Waals surface area (Å²) in [7, 11) is 0. The van der Waals surface area contributed by atoms with Crippen LogP contribution in [0.1, 0.15) is 36.1 Å². The number of anilines is 1. The summed E-state index contributed by atoms with van der Waals surface area (Å²) in [6.07, 6.45) is -0.854. The number of nitrogen functional groups attached to an aromatic ring is 1. The number of hydrogen-bond acceptors (Lipinski definition) is 5. The van der Waals surface area contributed by atoms with Crippen LogP contribution in [0.2, 0.25) is 0 Å². The Labute approximate surface area is 131 Å². The number of ketones is 2. The minimum atomic E-state index is -2.81. The topological polar surface area (TPSA) is 95.1 Å². The molecule has 1 aliphatic carbocycles. The molecular formula is C16H17N3O3. The maximum Gasteiger partial charge on any atom is 0.264 e. The summed E-state index contributed by atoms with van der Waals surface area (Å²) < 4.78 is 24.8. The fourth-order valence-electron chi connectivity index (χ4n) is 2.93. The van der Waals surface area contributed by atoms with Gasteiger partial charge in [0.05, 0.1) is 17.3 Å². The fraction of sp³-hybridized carbons (Fsp3) is 0.375. The van der Waals surface area contributed by atoms with Gasteiger partial charge in [-0.25, -0.2) is 4.98 Å². The average Bonchev–Trinajstić information content (AvgIpc) is 2.47. The summed E-state index contributed by atoms with van der Waals surface area (Å²) in [5, 5.41) is 0.0708. The van der Waals surface area contributed by atoms with E-state index in [2.05, 4.69) is 4.98 Å². The van der Waals surface area contributed by atoms with E-state index in [1.807, 2.05) is 0 Å². The molecule has 1 saturated carbocycles. The molecule has 6 heteroatoms. The van der Waals surface area contributed by atoms with Crippen LogP contribution in [-0.2, 0) is 15.1 Å². The number of nitrogens with two attached hydrogens (primary N) is 1. The van der Waals surface area contributed by atoms with Crippen LogP contribution < -0.4 is 11.3 Å². The summed E-state index contributed by atoms with van der Waals surface area (Å²) in [5.74, 6) is -1.02. The predicted octanol–water partition coefficient (Wildman–Crippen LogP) is 1.32. The molecule has 1 heterocycles. The van der Waals surface area contributed by atoms with Gasteiger partial charge in [-0.3, -0.25) is 19.0 Å². The van der Waals surface area contributed by atoms with Gasteiger partial charge >= 0.3 is 0 Å². The summed E-state index contributed by atoms with van der Waals surface area (Å²) in [6.45, 7) is -1.33. The summed E-state index contributed by atoms with van der Waals surface area (Å²) in [5.41, 5.74) is 3.58. The van der Waals surface area contributed by atoms with Crippen molar-refractivity contribution in [2.24, 2.45) is 0 Å². The quantitative estimate of drug-likeness (QED) is 0.633. The van der Waals surface area contributed by atoms with Crippen molar-refractivity contribution in [3.05, 3.63) is 34.4 Å². The zero-order valence-corrected chi connectivity index (χ0v) is 12.0. The molecule has 1 aliphatic rings. The van der Waals surface area contributed by atoms with Gasteiger partial charge in [-0.05, 0) is 32.3 Å². The van der Waals surface area contributed by atoms with Crippen LogP contribution in [0.3, 0.4) is 0 Å². The molecule has 1 unspecified atom stereocenters. The minimum absolute atomic E-state index is 0.0708. The van der Waals surface area contributed by atoms with E-state index >= 15 is 0 Å². The number of aryl methyl sites for hydroxylation is 1. The molecule has 114 valence electrons. The average molecular weight is 302 g/mol. The number of hydrogen-bond donors (Lipinski definition) is 1. The van der Waals surface area contributed by atoms with E-state index in [1.165, 1.54) is 13.0 Å². The molecule has 1 aromatic carbocycles. The van der Waals surface area contributed by atoms with E-state index in [1.54, 1.807) is 12.1 Å². The number of carbonyl (C=O) groups is 2. The van der Waals surface area contributed by atoms with Crippen molar-refractivity contribution >= 4 is 28.2 Å². The van der Waals surface area contributed by atoms with Crippen LogP contribution in [-0.4, -0.2) is 21.1 Å². The Kier molecular flexibility index (Phi) is 2.41. The normalized spacial score (nSPS) is 24.9. The second-order valence-corrected chi connectivity index (χ2v) is 5.54. The van der Waals surface area contributed by atoms with Crippen molar-refractivity contribution < 1.29 is 13.7 Å². The smallest absolute Gasteiger partial charge is 0.264 e. The van der Waals surface area contributed by atoms with Gasteiger partial charge in [-0.2, -0.15) is 0 Å². The van der Waals surface area contributed by atoms with Crippen LogP contribution in [0.25, 0.3) is 10.9 Å². The predicted molar refractivity (Wildman–Crippen MR) is 82.7 cm³/mol. The molecule has 2 aromatic rings. The van der Waals surface area contributed by atoms with E-state index in [0.717, 1.165) is 4.57 Å². The van der Waals surface area contributed by atoms with Crippen molar-refractivity contribution in [1.82, 2.24) is 9.55 Å². The van der Waals surface area contributed by atoms with Gasteiger partial charge in [0, 0.05) is 16.2 Å². The molecule has 0 radical (unpaired) electrons.